The molecular weight excluding hydrogens is 344 g/mol. The van der Waals surface area contributed by atoms with E-state index in [9.17, 15) is 25.3 Å². The molecule has 2 saturated carbocycles. The van der Waals surface area contributed by atoms with Crippen molar-refractivity contribution >= 4 is 11.6 Å². The zero-order chi connectivity index (χ0) is 19.0. The number of hydrogen-bond acceptors (Lipinski definition) is 4. The summed E-state index contributed by atoms with van der Waals surface area (Å²) in [5.41, 5.74) is 9.21. The van der Waals surface area contributed by atoms with Gasteiger partial charge >= 0.3 is 0 Å². The van der Waals surface area contributed by atoms with E-state index >= 15 is 0 Å². The van der Waals surface area contributed by atoms with Crippen molar-refractivity contribution < 1.29 is 24.5 Å². The molecule has 0 bridgehead atoms. The van der Waals surface area contributed by atoms with Crippen LogP contribution in [0.25, 0.3) is 5.53 Å². The third-order valence-corrected chi connectivity index (χ3v) is 6.96. The Kier molecular flexibility index (Phi) is 2.89. The summed E-state index contributed by atoms with van der Waals surface area (Å²) in [4.78, 5) is 26.2. The second-order valence-electron chi connectivity index (χ2n) is 7.75. The average molecular weight is 362 g/mol. The fraction of sp³-hybridized carbons (Fsp3) is 0.333. The minimum absolute atomic E-state index is 0.0748. The van der Waals surface area contributed by atoms with E-state index in [-0.39, 0.29) is 35.9 Å². The highest BCUT2D eigenvalue weighted by Gasteiger charge is 2.92. The molecule has 2 aliphatic carbocycles. The molecule has 0 amide bonds. The van der Waals surface area contributed by atoms with Gasteiger partial charge in [0.1, 0.15) is 16.9 Å². The van der Waals surface area contributed by atoms with E-state index in [1.54, 1.807) is 24.3 Å². The van der Waals surface area contributed by atoms with Gasteiger partial charge in [0.2, 0.25) is 22.6 Å². The molecule has 5 rings (SSSR count). The molecule has 2 N–H and O–H groups in total. The van der Waals surface area contributed by atoms with Gasteiger partial charge in [0.15, 0.2) is 0 Å². The van der Waals surface area contributed by atoms with Crippen molar-refractivity contribution in [2.45, 2.75) is 36.8 Å². The number of rotatable bonds is 2. The third kappa shape index (κ3) is 1.47. The highest BCUT2D eigenvalue weighted by atomic mass is 16.3. The SMILES string of the molecule is [N-]=[N+]1C2(c3ccc(O)cc3)C(=O)CCC23CCC(=O)C13c1ccc(O)cc1. The summed E-state index contributed by atoms with van der Waals surface area (Å²) in [5, 5.41) is 19.3. The van der Waals surface area contributed by atoms with Crippen molar-refractivity contribution in [2.24, 2.45) is 5.41 Å². The van der Waals surface area contributed by atoms with Crippen LogP contribution in [0.15, 0.2) is 48.5 Å². The Labute approximate surface area is 155 Å². The molecule has 2 aromatic carbocycles. The lowest BCUT2D eigenvalue weighted by atomic mass is 9.48. The highest BCUT2D eigenvalue weighted by Crippen LogP contribution is 2.77. The van der Waals surface area contributed by atoms with Crippen molar-refractivity contribution in [3.63, 3.8) is 0 Å². The zero-order valence-electron chi connectivity index (χ0n) is 14.6. The molecule has 1 aliphatic heterocycles. The van der Waals surface area contributed by atoms with Crippen molar-refractivity contribution in [2.75, 3.05) is 0 Å². The summed E-state index contributed by atoms with van der Waals surface area (Å²) in [6, 6.07) is 12.6. The first-order valence-corrected chi connectivity index (χ1v) is 9.06. The van der Waals surface area contributed by atoms with E-state index in [4.69, 9.17) is 0 Å². The predicted octanol–water partition coefficient (Wildman–Crippen LogP) is 2.95. The van der Waals surface area contributed by atoms with Crippen molar-refractivity contribution in [3.8, 4) is 11.5 Å². The van der Waals surface area contributed by atoms with E-state index in [2.05, 4.69) is 0 Å². The van der Waals surface area contributed by atoms with Gasteiger partial charge in [-0.25, -0.2) is 0 Å². The number of hydrogen-bond donors (Lipinski definition) is 2. The molecule has 27 heavy (non-hydrogen) atoms. The molecule has 1 heterocycles. The number of nitrogens with zero attached hydrogens (tertiary/aromatic N) is 2. The normalized spacial score (nSPS) is 34.3. The molecule has 1 spiro atoms. The largest absolute Gasteiger partial charge is 0.508 e. The van der Waals surface area contributed by atoms with Gasteiger partial charge in [-0.2, -0.15) is 0 Å². The molecule has 6 nitrogen and oxygen atoms in total. The topological polar surface area (TPSA) is 99.9 Å². The molecule has 0 radical (unpaired) electrons. The van der Waals surface area contributed by atoms with Crippen LogP contribution in [0, 0.1) is 5.41 Å². The van der Waals surface area contributed by atoms with E-state index in [0.717, 1.165) is 4.70 Å². The smallest absolute Gasteiger partial charge is 0.249 e. The number of Topliss-reactive ketones (excluding diaryl/α,β-unsaturated/α-hetero) is 2. The molecular formula is C21H18N2O4. The van der Waals surface area contributed by atoms with Crippen LogP contribution in [-0.4, -0.2) is 26.5 Å². The molecule has 3 fully saturated rings. The van der Waals surface area contributed by atoms with Gasteiger partial charge in [0.25, 0.3) is 0 Å². The van der Waals surface area contributed by atoms with Gasteiger partial charge < -0.3 is 15.7 Å². The second-order valence-corrected chi connectivity index (χ2v) is 7.75. The molecule has 0 aromatic heterocycles. The van der Waals surface area contributed by atoms with E-state index < -0.39 is 16.5 Å². The van der Waals surface area contributed by atoms with Gasteiger partial charge in [-0.15, -0.1) is 0 Å². The molecule has 6 heteroatoms. The van der Waals surface area contributed by atoms with Crippen LogP contribution < -0.4 is 0 Å². The minimum Gasteiger partial charge on any atom is -0.508 e. The summed E-state index contributed by atoms with van der Waals surface area (Å²) in [6.45, 7) is 0. The van der Waals surface area contributed by atoms with Crippen LogP contribution in [0.4, 0.5) is 0 Å². The second kappa shape index (κ2) is 4.82. The first-order valence-electron chi connectivity index (χ1n) is 9.06. The van der Waals surface area contributed by atoms with Gasteiger partial charge in [-0.3, -0.25) is 14.3 Å². The highest BCUT2D eigenvalue weighted by molar-refractivity contribution is 6.02. The summed E-state index contributed by atoms with van der Waals surface area (Å²) in [6.07, 6.45) is 1.59. The van der Waals surface area contributed by atoms with Crippen molar-refractivity contribution in [1.82, 2.24) is 0 Å². The molecule has 3 aliphatic rings. The Hall–Kier alpha value is -3.02. The molecule has 1 saturated heterocycles. The first kappa shape index (κ1) is 16.2. The Morgan fingerprint density at radius 2 is 1.11 bits per heavy atom. The molecule has 2 aromatic rings. The fourth-order valence-electron chi connectivity index (χ4n) is 6.02. The Bertz CT molecular complexity index is 930. The van der Waals surface area contributed by atoms with Crippen LogP contribution in [-0.2, 0) is 20.7 Å². The number of carbonyl (C=O) groups is 2. The predicted molar refractivity (Wildman–Crippen MR) is 94.1 cm³/mol. The summed E-state index contributed by atoms with van der Waals surface area (Å²) in [5.74, 6) is -0.0731. The number of aromatic hydroxyl groups is 2. The lowest BCUT2D eigenvalue weighted by Crippen LogP contribution is -2.78. The maximum Gasteiger partial charge on any atom is 0.249 e. The van der Waals surface area contributed by atoms with E-state index in [1.165, 1.54) is 24.3 Å². The Balaban J connectivity index is 1.79. The Morgan fingerprint density at radius 3 is 1.48 bits per heavy atom. The monoisotopic (exact) mass is 362 g/mol. The zero-order valence-corrected chi connectivity index (χ0v) is 14.6. The van der Waals surface area contributed by atoms with Gasteiger partial charge in [-0.1, -0.05) is 0 Å². The molecule has 136 valence electrons. The van der Waals surface area contributed by atoms with Crippen molar-refractivity contribution in [3.05, 3.63) is 65.2 Å². The third-order valence-electron chi connectivity index (χ3n) is 6.96. The molecule has 2 atom stereocenters. The molecule has 2 unspecified atom stereocenters. The van der Waals surface area contributed by atoms with Crippen LogP contribution in [0.3, 0.4) is 0 Å². The van der Waals surface area contributed by atoms with E-state index in [0.29, 0.717) is 24.0 Å². The van der Waals surface area contributed by atoms with Crippen LogP contribution in [0.2, 0.25) is 0 Å². The summed E-state index contributed by atoms with van der Waals surface area (Å²) in [7, 11) is 0. The number of ketones is 2. The van der Waals surface area contributed by atoms with Crippen LogP contribution in [0.5, 0.6) is 11.5 Å². The number of phenols is 2. The standard InChI is InChI=1S/C21H18N2O4/c22-23-20(13-1-5-15(24)6-2-13)17(26)9-11-19(20)12-10-18(27)21(19,23)14-3-7-16(25)8-4-14/h1-8,24-25H,9-12H2. The van der Waals surface area contributed by atoms with Gasteiger partial charge in [0.05, 0.1) is 0 Å². The average Bonchev–Trinajstić information content (AvgIpc) is 3.08. The van der Waals surface area contributed by atoms with Crippen LogP contribution in [0.1, 0.15) is 36.8 Å². The summed E-state index contributed by atoms with van der Waals surface area (Å²) < 4.78 is 0.962. The number of phenolic OH excluding ortho intramolecular Hbond substituents is 2. The number of carbonyl (C=O) groups excluding carboxylic acids is 2. The lowest BCUT2D eigenvalue weighted by molar-refractivity contribution is -0.788. The fourth-order valence-corrected chi connectivity index (χ4v) is 6.02. The summed E-state index contributed by atoms with van der Waals surface area (Å²) >= 11 is 0. The quantitative estimate of drug-likeness (QED) is 0.802. The van der Waals surface area contributed by atoms with E-state index in [1.807, 2.05) is 0 Å². The first-order chi connectivity index (χ1) is 12.9. The van der Waals surface area contributed by atoms with Gasteiger partial charge in [-0.05, 0) is 61.4 Å². The number of benzene rings is 2. The maximum atomic E-state index is 13.1. The van der Waals surface area contributed by atoms with Crippen molar-refractivity contribution in [1.29, 1.82) is 0 Å². The lowest BCUT2D eigenvalue weighted by Gasteiger charge is -2.61. The Morgan fingerprint density at radius 1 is 0.741 bits per heavy atom. The van der Waals surface area contributed by atoms with Gasteiger partial charge in [0, 0.05) is 24.0 Å². The van der Waals surface area contributed by atoms with Crippen LogP contribution >= 0.6 is 0 Å². The minimum atomic E-state index is -1.29. The maximum absolute atomic E-state index is 13.1.